The van der Waals surface area contributed by atoms with E-state index in [0.29, 0.717) is 6.42 Å². The molecular weight excluding hydrogens is 224 g/mol. The molecule has 0 bridgehead atoms. The zero-order valence-corrected chi connectivity index (χ0v) is 10.3. The lowest BCUT2D eigenvalue weighted by atomic mass is 10.0. The fraction of sp³-hybridized carbons (Fsp3) is 0.700. The van der Waals surface area contributed by atoms with Crippen LogP contribution in [0.2, 0.25) is 0 Å². The number of carbonyl (C=O) groups excluding carboxylic acids is 1. The molecule has 98 valence electrons. The number of amides is 1. The first kappa shape index (κ1) is 15.2. The van der Waals surface area contributed by atoms with Gasteiger partial charge in [0, 0.05) is 0 Å². The van der Waals surface area contributed by atoms with Crippen molar-refractivity contribution in [1.82, 2.24) is 5.32 Å². The number of nitrogens with two attached hydrogens (primary N) is 2. The monoisotopic (exact) mass is 244 g/mol. The van der Waals surface area contributed by atoms with E-state index in [1.165, 1.54) is 6.92 Å². The van der Waals surface area contributed by atoms with Gasteiger partial charge in [-0.25, -0.2) is 9.79 Å². The van der Waals surface area contributed by atoms with Crippen molar-refractivity contribution in [2.75, 3.05) is 0 Å². The summed E-state index contributed by atoms with van der Waals surface area (Å²) < 4.78 is 0. The largest absolute Gasteiger partial charge is 0.480 e. The van der Waals surface area contributed by atoms with Crippen molar-refractivity contribution in [2.45, 2.75) is 39.3 Å². The number of aliphatic carboxylic acids is 1. The van der Waals surface area contributed by atoms with E-state index in [1.807, 2.05) is 13.8 Å². The Morgan fingerprint density at radius 3 is 2.18 bits per heavy atom. The molecule has 0 fully saturated rings. The lowest BCUT2D eigenvalue weighted by Gasteiger charge is -2.17. The van der Waals surface area contributed by atoms with Crippen molar-refractivity contribution in [3.05, 3.63) is 0 Å². The smallest absolute Gasteiger partial charge is 0.326 e. The molecule has 0 spiro atoms. The summed E-state index contributed by atoms with van der Waals surface area (Å²) in [6, 6.07) is -1.71. The Morgan fingerprint density at radius 2 is 1.82 bits per heavy atom. The minimum atomic E-state index is -1.07. The summed E-state index contributed by atoms with van der Waals surface area (Å²) in [7, 11) is 0. The third kappa shape index (κ3) is 6.39. The van der Waals surface area contributed by atoms with Crippen molar-refractivity contribution in [2.24, 2.45) is 22.4 Å². The predicted octanol–water partition coefficient (Wildman–Crippen LogP) is -0.736. The van der Waals surface area contributed by atoms with Gasteiger partial charge >= 0.3 is 5.97 Å². The number of carboxylic acids is 1. The molecule has 0 unspecified atom stereocenters. The van der Waals surface area contributed by atoms with Crippen molar-refractivity contribution in [3.8, 4) is 0 Å². The predicted molar refractivity (Wildman–Crippen MR) is 64.3 cm³/mol. The Morgan fingerprint density at radius 1 is 1.29 bits per heavy atom. The summed E-state index contributed by atoms with van der Waals surface area (Å²) in [5.74, 6) is -1.62. The number of rotatable bonds is 6. The molecule has 0 aliphatic heterocycles. The first-order valence-electron chi connectivity index (χ1n) is 5.36. The van der Waals surface area contributed by atoms with Crippen molar-refractivity contribution in [1.29, 1.82) is 0 Å². The zero-order valence-electron chi connectivity index (χ0n) is 10.3. The molecule has 0 aromatic rings. The highest BCUT2D eigenvalue weighted by atomic mass is 16.4. The SMILES string of the molecule is CC(C)C[C@H](NC(=O)[C@H](C)N=C(N)N)C(=O)O. The summed E-state index contributed by atoms with van der Waals surface area (Å²) in [6.07, 6.45) is 0.357. The van der Waals surface area contributed by atoms with Crippen LogP contribution in [0.3, 0.4) is 0 Å². The Kier molecular flexibility index (Phi) is 6.01. The minimum absolute atomic E-state index is 0.162. The second-order valence-corrected chi connectivity index (χ2v) is 4.26. The highest BCUT2D eigenvalue weighted by Gasteiger charge is 2.23. The molecule has 1 amide bonds. The minimum Gasteiger partial charge on any atom is -0.480 e. The highest BCUT2D eigenvalue weighted by Crippen LogP contribution is 2.05. The van der Waals surface area contributed by atoms with Gasteiger partial charge in [-0.2, -0.15) is 0 Å². The van der Waals surface area contributed by atoms with Gasteiger partial charge in [0.2, 0.25) is 5.91 Å². The van der Waals surface area contributed by atoms with Crippen molar-refractivity contribution >= 4 is 17.8 Å². The Bertz CT molecular complexity index is 311. The molecule has 0 aromatic carbocycles. The number of hydrogen-bond donors (Lipinski definition) is 4. The number of guanidine groups is 1. The van der Waals surface area contributed by atoms with E-state index in [-0.39, 0.29) is 11.9 Å². The molecule has 7 heteroatoms. The summed E-state index contributed by atoms with van der Waals surface area (Å²) >= 11 is 0. The molecule has 6 N–H and O–H groups in total. The normalized spacial score (nSPS) is 13.9. The number of carboxylic acid groups (broad SMARTS) is 1. The van der Waals surface area contributed by atoms with Crippen LogP contribution in [0.5, 0.6) is 0 Å². The van der Waals surface area contributed by atoms with Gasteiger partial charge in [0.05, 0.1) is 0 Å². The number of nitrogens with zero attached hydrogens (tertiary/aromatic N) is 1. The molecule has 0 aromatic heterocycles. The van der Waals surface area contributed by atoms with Gasteiger partial charge in [0.25, 0.3) is 0 Å². The molecule has 0 saturated carbocycles. The van der Waals surface area contributed by atoms with Gasteiger partial charge in [0.15, 0.2) is 5.96 Å². The topological polar surface area (TPSA) is 131 Å². The first-order chi connectivity index (χ1) is 7.73. The molecule has 0 aliphatic rings. The van der Waals surface area contributed by atoms with Gasteiger partial charge in [-0.1, -0.05) is 13.8 Å². The Labute approximate surface area is 100 Å². The number of hydrogen-bond acceptors (Lipinski definition) is 3. The molecule has 0 aliphatic carbocycles. The maximum absolute atomic E-state index is 11.6. The van der Waals surface area contributed by atoms with E-state index < -0.39 is 24.0 Å². The van der Waals surface area contributed by atoms with Gasteiger partial charge < -0.3 is 21.9 Å². The quantitative estimate of drug-likeness (QED) is 0.361. The molecule has 7 nitrogen and oxygen atoms in total. The van der Waals surface area contributed by atoms with E-state index in [4.69, 9.17) is 16.6 Å². The van der Waals surface area contributed by atoms with Gasteiger partial charge in [-0.05, 0) is 19.3 Å². The molecule has 2 atom stereocenters. The zero-order chi connectivity index (χ0) is 13.6. The Balaban J connectivity index is 4.51. The van der Waals surface area contributed by atoms with Crippen LogP contribution in [0.15, 0.2) is 4.99 Å². The molecule has 0 heterocycles. The second kappa shape index (κ2) is 6.72. The average molecular weight is 244 g/mol. The summed E-state index contributed by atoms with van der Waals surface area (Å²) in [6.45, 7) is 5.24. The van der Waals surface area contributed by atoms with E-state index >= 15 is 0 Å². The van der Waals surface area contributed by atoms with Crippen LogP contribution in [0.25, 0.3) is 0 Å². The fourth-order valence-corrected chi connectivity index (χ4v) is 1.27. The summed E-state index contributed by atoms with van der Waals surface area (Å²) in [4.78, 5) is 26.1. The van der Waals surface area contributed by atoms with Crippen LogP contribution in [0.1, 0.15) is 27.2 Å². The third-order valence-electron chi connectivity index (χ3n) is 2.04. The van der Waals surface area contributed by atoms with E-state index in [9.17, 15) is 9.59 Å². The molecular formula is C10H20N4O3. The van der Waals surface area contributed by atoms with Crippen molar-refractivity contribution < 1.29 is 14.7 Å². The number of aliphatic imine (C=N–C) groups is 1. The lowest BCUT2D eigenvalue weighted by Crippen LogP contribution is -2.45. The lowest BCUT2D eigenvalue weighted by molar-refractivity contribution is -0.142. The average Bonchev–Trinajstić information content (AvgIpc) is 2.14. The second-order valence-electron chi connectivity index (χ2n) is 4.26. The number of nitrogens with one attached hydrogen (secondary N) is 1. The van der Waals surface area contributed by atoms with Gasteiger partial charge in [-0.3, -0.25) is 4.79 Å². The van der Waals surface area contributed by atoms with Crippen LogP contribution in [0.4, 0.5) is 0 Å². The van der Waals surface area contributed by atoms with E-state index in [2.05, 4.69) is 10.3 Å². The third-order valence-corrected chi connectivity index (χ3v) is 2.04. The standard InChI is InChI=1S/C10H20N4O3/c1-5(2)4-7(9(16)17)14-8(15)6(3)13-10(11)12/h5-7H,4H2,1-3H3,(H,14,15)(H,16,17)(H4,11,12,13)/t6-,7-/m0/s1. The van der Waals surface area contributed by atoms with Gasteiger partial charge in [-0.15, -0.1) is 0 Å². The van der Waals surface area contributed by atoms with Crippen LogP contribution in [0, 0.1) is 5.92 Å². The van der Waals surface area contributed by atoms with Crippen LogP contribution >= 0.6 is 0 Å². The molecule has 17 heavy (non-hydrogen) atoms. The van der Waals surface area contributed by atoms with Crippen LogP contribution in [-0.4, -0.2) is 35.0 Å². The van der Waals surface area contributed by atoms with E-state index in [1.54, 1.807) is 0 Å². The fourth-order valence-electron chi connectivity index (χ4n) is 1.27. The molecule has 0 radical (unpaired) electrons. The van der Waals surface area contributed by atoms with E-state index in [0.717, 1.165) is 0 Å². The number of carbonyl (C=O) groups is 2. The maximum Gasteiger partial charge on any atom is 0.326 e. The Hall–Kier alpha value is -1.79. The summed E-state index contributed by atoms with van der Waals surface area (Å²) in [5.41, 5.74) is 10.3. The first-order valence-corrected chi connectivity index (χ1v) is 5.36. The van der Waals surface area contributed by atoms with Crippen LogP contribution < -0.4 is 16.8 Å². The molecule has 0 rings (SSSR count). The van der Waals surface area contributed by atoms with Crippen LogP contribution in [-0.2, 0) is 9.59 Å². The molecule has 0 saturated heterocycles. The van der Waals surface area contributed by atoms with Crippen molar-refractivity contribution in [3.63, 3.8) is 0 Å². The van der Waals surface area contributed by atoms with Gasteiger partial charge in [0.1, 0.15) is 12.1 Å². The maximum atomic E-state index is 11.6. The summed E-state index contributed by atoms with van der Waals surface area (Å²) in [5, 5.41) is 11.3. The highest BCUT2D eigenvalue weighted by molar-refractivity contribution is 5.88.